The normalized spacial score (nSPS) is 21.1. The van der Waals surface area contributed by atoms with Crippen molar-refractivity contribution in [3.63, 3.8) is 0 Å². The van der Waals surface area contributed by atoms with E-state index in [1.807, 2.05) is 18.3 Å². The predicted octanol–water partition coefficient (Wildman–Crippen LogP) is 1.83. The molecule has 7 heteroatoms. The van der Waals surface area contributed by atoms with Crippen LogP contribution in [0.2, 0.25) is 0 Å². The number of aliphatic carboxylic acids is 2. The maximum absolute atomic E-state index is 9.10. The number of piperidine rings is 1. The van der Waals surface area contributed by atoms with Gasteiger partial charge in [0.1, 0.15) is 0 Å². The highest BCUT2D eigenvalue weighted by molar-refractivity contribution is 6.27. The first-order chi connectivity index (χ1) is 10.4. The van der Waals surface area contributed by atoms with Crippen molar-refractivity contribution in [3.8, 4) is 0 Å². The van der Waals surface area contributed by atoms with Crippen molar-refractivity contribution in [3.05, 3.63) is 30.1 Å². The van der Waals surface area contributed by atoms with Gasteiger partial charge in [-0.1, -0.05) is 0 Å². The van der Waals surface area contributed by atoms with E-state index < -0.39 is 11.9 Å². The van der Waals surface area contributed by atoms with Gasteiger partial charge in [-0.3, -0.25) is 9.99 Å². The molecule has 0 bridgehead atoms. The minimum atomic E-state index is -1.82. The Balaban J connectivity index is 0.000000346. The van der Waals surface area contributed by atoms with Crippen molar-refractivity contribution in [2.75, 3.05) is 0 Å². The summed E-state index contributed by atoms with van der Waals surface area (Å²) >= 11 is 0. The largest absolute Gasteiger partial charge is 0.473 e. The summed E-state index contributed by atoms with van der Waals surface area (Å²) in [4.78, 5) is 22.2. The molecule has 0 spiro atoms. The van der Waals surface area contributed by atoms with Gasteiger partial charge in [-0.15, -0.1) is 0 Å². The van der Waals surface area contributed by atoms with Crippen molar-refractivity contribution in [2.45, 2.75) is 45.2 Å². The van der Waals surface area contributed by atoms with Crippen LogP contribution in [0.4, 0.5) is 0 Å². The molecular weight excluding hydrogens is 286 g/mol. The second kappa shape index (κ2) is 8.76. The van der Waals surface area contributed by atoms with Gasteiger partial charge in [0, 0.05) is 24.5 Å². The molecule has 1 aliphatic rings. The fourth-order valence-electron chi connectivity index (χ4n) is 2.22. The molecule has 1 fully saturated rings. The molecule has 0 aliphatic carbocycles. The molecule has 1 aliphatic heterocycles. The van der Waals surface area contributed by atoms with Gasteiger partial charge in [-0.25, -0.2) is 9.59 Å². The Morgan fingerprint density at radius 1 is 1.18 bits per heavy atom. The maximum atomic E-state index is 9.10. The summed E-state index contributed by atoms with van der Waals surface area (Å²) in [7, 11) is 0. The topological polar surface area (TPSA) is 103 Å². The molecule has 0 radical (unpaired) electrons. The summed E-state index contributed by atoms with van der Waals surface area (Å²) in [6.07, 6.45) is 9.34. The van der Waals surface area contributed by atoms with E-state index in [0.717, 1.165) is 5.56 Å². The molecule has 0 amide bonds. The molecule has 2 heterocycles. The average Bonchev–Trinajstić information content (AvgIpc) is 2.48. The number of pyridine rings is 1. The monoisotopic (exact) mass is 307 g/mol. The van der Waals surface area contributed by atoms with Crippen molar-refractivity contribution < 1.29 is 19.8 Å². The second-order valence-electron chi connectivity index (χ2n) is 5.14. The molecule has 120 valence electrons. The Kier molecular flexibility index (Phi) is 7.01. The zero-order valence-electron chi connectivity index (χ0n) is 12.7. The highest BCUT2D eigenvalue weighted by atomic mass is 16.4. The summed E-state index contributed by atoms with van der Waals surface area (Å²) < 4.78 is 0. The molecular formula is C15H21N3O4. The Labute approximate surface area is 129 Å². The Bertz CT molecular complexity index is 497. The smallest absolute Gasteiger partial charge is 0.414 e. The van der Waals surface area contributed by atoms with Crippen LogP contribution in [-0.4, -0.2) is 50.4 Å². The number of rotatable bonds is 2. The van der Waals surface area contributed by atoms with Crippen molar-refractivity contribution in [1.29, 1.82) is 0 Å². The van der Waals surface area contributed by atoms with Crippen LogP contribution < -0.4 is 0 Å². The molecule has 0 aromatic carbocycles. The summed E-state index contributed by atoms with van der Waals surface area (Å²) in [5.74, 6) is -3.65. The Morgan fingerprint density at radius 3 is 2.14 bits per heavy atom. The van der Waals surface area contributed by atoms with Crippen molar-refractivity contribution >= 4 is 18.2 Å². The van der Waals surface area contributed by atoms with Crippen molar-refractivity contribution in [1.82, 2.24) is 9.99 Å². The lowest BCUT2D eigenvalue weighted by atomic mass is 10.00. The fourth-order valence-corrected chi connectivity index (χ4v) is 2.22. The van der Waals surface area contributed by atoms with Gasteiger partial charge in [0.25, 0.3) is 0 Å². The van der Waals surface area contributed by atoms with Crippen LogP contribution in [0.3, 0.4) is 0 Å². The minimum absolute atomic E-state index is 0.557. The molecule has 1 aromatic rings. The first kappa shape index (κ1) is 17.6. The molecule has 2 atom stereocenters. The van der Waals surface area contributed by atoms with E-state index in [1.54, 1.807) is 12.4 Å². The van der Waals surface area contributed by atoms with Crippen LogP contribution in [0.1, 0.15) is 38.7 Å². The van der Waals surface area contributed by atoms with Gasteiger partial charge in [0.2, 0.25) is 0 Å². The van der Waals surface area contributed by atoms with Gasteiger partial charge < -0.3 is 10.2 Å². The molecule has 7 nitrogen and oxygen atoms in total. The zero-order valence-corrected chi connectivity index (χ0v) is 12.7. The summed E-state index contributed by atoms with van der Waals surface area (Å²) in [5.41, 5.74) is 1.11. The third-order valence-corrected chi connectivity index (χ3v) is 3.38. The van der Waals surface area contributed by atoms with Crippen LogP contribution in [-0.2, 0) is 9.59 Å². The number of carbonyl (C=O) groups is 2. The number of carboxylic acids is 2. The first-order valence-electron chi connectivity index (χ1n) is 7.10. The summed E-state index contributed by atoms with van der Waals surface area (Å²) in [5, 5.41) is 21.6. The summed E-state index contributed by atoms with van der Waals surface area (Å²) in [6.45, 7) is 4.50. The molecule has 2 rings (SSSR count). The van der Waals surface area contributed by atoms with E-state index in [0.29, 0.717) is 12.1 Å². The number of nitrogens with zero attached hydrogens (tertiary/aromatic N) is 3. The van der Waals surface area contributed by atoms with E-state index in [2.05, 4.69) is 28.9 Å². The molecule has 2 N–H and O–H groups in total. The predicted molar refractivity (Wildman–Crippen MR) is 81.7 cm³/mol. The van der Waals surface area contributed by atoms with E-state index in [1.165, 1.54) is 19.3 Å². The quantitative estimate of drug-likeness (QED) is 0.638. The van der Waals surface area contributed by atoms with Gasteiger partial charge in [0.05, 0.1) is 6.21 Å². The Morgan fingerprint density at radius 2 is 1.68 bits per heavy atom. The fraction of sp³-hybridized carbons (Fsp3) is 0.467. The number of hydrazone groups is 1. The zero-order chi connectivity index (χ0) is 16.5. The van der Waals surface area contributed by atoms with Crippen molar-refractivity contribution in [2.24, 2.45) is 5.10 Å². The lowest BCUT2D eigenvalue weighted by molar-refractivity contribution is -0.159. The highest BCUT2D eigenvalue weighted by Gasteiger charge is 2.22. The number of hydrogen-bond donors (Lipinski definition) is 2. The van der Waals surface area contributed by atoms with Gasteiger partial charge in [0.15, 0.2) is 0 Å². The van der Waals surface area contributed by atoms with Gasteiger partial charge in [-0.05, 0) is 50.8 Å². The van der Waals surface area contributed by atoms with E-state index in [-0.39, 0.29) is 0 Å². The van der Waals surface area contributed by atoms with Gasteiger partial charge >= 0.3 is 11.9 Å². The highest BCUT2D eigenvalue weighted by Crippen LogP contribution is 2.22. The maximum Gasteiger partial charge on any atom is 0.414 e. The number of hydrogen-bond acceptors (Lipinski definition) is 5. The van der Waals surface area contributed by atoms with Crippen LogP contribution in [0.15, 0.2) is 29.6 Å². The molecule has 1 saturated heterocycles. The SMILES string of the molecule is CC1CCCC(C)N1/N=C/c1ccncc1.O=C(O)C(=O)O. The van der Waals surface area contributed by atoms with E-state index in [4.69, 9.17) is 19.8 Å². The molecule has 0 saturated carbocycles. The standard InChI is InChI=1S/C13H19N3.C2H2O4/c1-11-4-3-5-12(2)16(11)15-10-13-6-8-14-9-7-13;3-1(4)2(5)6/h6-12H,3-5H2,1-2H3;(H,3,4)(H,5,6)/b15-10+;. The molecule has 1 aromatic heterocycles. The van der Waals surface area contributed by atoms with Crippen LogP contribution in [0.25, 0.3) is 0 Å². The molecule has 22 heavy (non-hydrogen) atoms. The van der Waals surface area contributed by atoms with Gasteiger partial charge in [-0.2, -0.15) is 5.10 Å². The number of aromatic nitrogens is 1. The third-order valence-electron chi connectivity index (χ3n) is 3.38. The van der Waals surface area contributed by atoms with Crippen LogP contribution in [0.5, 0.6) is 0 Å². The second-order valence-corrected chi connectivity index (χ2v) is 5.14. The number of carboxylic acid groups (broad SMARTS) is 2. The van der Waals surface area contributed by atoms with Crippen LogP contribution >= 0.6 is 0 Å². The average molecular weight is 307 g/mol. The van der Waals surface area contributed by atoms with E-state index in [9.17, 15) is 0 Å². The lowest BCUT2D eigenvalue weighted by Gasteiger charge is -2.36. The Hall–Kier alpha value is -2.44. The minimum Gasteiger partial charge on any atom is -0.473 e. The first-order valence-corrected chi connectivity index (χ1v) is 7.10. The van der Waals surface area contributed by atoms with E-state index >= 15 is 0 Å². The lowest BCUT2D eigenvalue weighted by Crippen LogP contribution is -2.39. The summed E-state index contributed by atoms with van der Waals surface area (Å²) in [6, 6.07) is 5.06. The molecule has 2 unspecified atom stereocenters. The van der Waals surface area contributed by atoms with Crippen LogP contribution in [0, 0.1) is 0 Å². The third kappa shape index (κ3) is 5.90.